The second-order valence-corrected chi connectivity index (χ2v) is 5.96. The Morgan fingerprint density at radius 3 is 2.17 bits per heavy atom. The summed E-state index contributed by atoms with van der Waals surface area (Å²) in [6, 6.07) is 11.0. The summed E-state index contributed by atoms with van der Waals surface area (Å²) in [5.74, 6) is 0.652. The topological polar surface area (TPSA) is 118 Å². The van der Waals surface area contributed by atoms with Gasteiger partial charge in [-0.15, -0.1) is 0 Å². The Bertz CT molecular complexity index is 868. The van der Waals surface area contributed by atoms with Crippen LogP contribution >= 0.6 is 0 Å². The largest absolute Gasteiger partial charge is 0.497 e. The van der Waals surface area contributed by atoms with Gasteiger partial charge in [-0.2, -0.15) is 0 Å². The fourth-order valence-electron chi connectivity index (χ4n) is 2.41. The molecule has 0 aliphatic rings. The number of anilines is 2. The second kappa shape index (κ2) is 10.5. The maximum absolute atomic E-state index is 12.2. The Morgan fingerprint density at radius 1 is 0.862 bits per heavy atom. The van der Waals surface area contributed by atoms with Gasteiger partial charge in [-0.05, 0) is 36.4 Å². The van der Waals surface area contributed by atoms with E-state index in [1.165, 1.54) is 14.0 Å². The monoisotopic (exact) mass is 400 g/mol. The fraction of sp³-hybridized carbons (Fsp3) is 0.250. The number of rotatable bonds is 8. The first-order valence-electron chi connectivity index (χ1n) is 8.85. The summed E-state index contributed by atoms with van der Waals surface area (Å²) in [6.45, 7) is 2.09. The lowest BCUT2D eigenvalue weighted by atomic mass is 10.2. The summed E-state index contributed by atoms with van der Waals surface area (Å²) in [6.07, 6.45) is 0. The molecule has 29 heavy (non-hydrogen) atoms. The van der Waals surface area contributed by atoms with E-state index in [4.69, 9.17) is 9.47 Å². The van der Waals surface area contributed by atoms with Gasteiger partial charge in [0, 0.05) is 37.3 Å². The van der Waals surface area contributed by atoms with Crippen LogP contribution in [0, 0.1) is 0 Å². The van der Waals surface area contributed by atoms with Crippen molar-refractivity contribution in [2.24, 2.45) is 0 Å². The molecule has 0 saturated heterocycles. The minimum Gasteiger partial charge on any atom is -0.497 e. The summed E-state index contributed by atoms with van der Waals surface area (Å²) >= 11 is 0. The van der Waals surface area contributed by atoms with Crippen molar-refractivity contribution >= 4 is 29.2 Å². The lowest BCUT2D eigenvalue weighted by Crippen LogP contribution is -2.33. The zero-order chi connectivity index (χ0) is 21.2. The number of carbonyl (C=O) groups excluding carboxylic acids is 3. The molecule has 154 valence electrons. The Balaban J connectivity index is 1.90. The Labute approximate surface area is 168 Å². The van der Waals surface area contributed by atoms with Gasteiger partial charge in [0.25, 0.3) is 5.91 Å². The third-order valence-electron chi connectivity index (χ3n) is 3.85. The quantitative estimate of drug-likeness (QED) is 0.507. The fourth-order valence-corrected chi connectivity index (χ4v) is 2.41. The number of urea groups is 1. The molecule has 0 saturated carbocycles. The maximum atomic E-state index is 12.2. The Morgan fingerprint density at radius 2 is 1.55 bits per heavy atom. The van der Waals surface area contributed by atoms with Crippen LogP contribution in [0.4, 0.5) is 16.2 Å². The molecule has 4 N–H and O–H groups in total. The van der Waals surface area contributed by atoms with Gasteiger partial charge >= 0.3 is 6.03 Å². The first kappa shape index (κ1) is 21.5. The van der Waals surface area contributed by atoms with Gasteiger partial charge < -0.3 is 30.7 Å². The van der Waals surface area contributed by atoms with Crippen LogP contribution in [0.1, 0.15) is 17.3 Å². The van der Waals surface area contributed by atoms with E-state index in [-0.39, 0.29) is 11.8 Å². The van der Waals surface area contributed by atoms with Gasteiger partial charge in [-0.1, -0.05) is 0 Å². The molecule has 2 aromatic carbocycles. The molecule has 0 aromatic heterocycles. The first-order chi connectivity index (χ1) is 13.9. The third kappa shape index (κ3) is 6.73. The lowest BCUT2D eigenvalue weighted by molar-refractivity contribution is -0.118. The van der Waals surface area contributed by atoms with Gasteiger partial charge in [0.15, 0.2) is 0 Å². The minimum atomic E-state index is -0.457. The summed E-state index contributed by atoms with van der Waals surface area (Å²) in [5, 5.41) is 10.7. The highest BCUT2D eigenvalue weighted by atomic mass is 16.5. The molecule has 0 unspecified atom stereocenters. The maximum Gasteiger partial charge on any atom is 0.323 e. The summed E-state index contributed by atoms with van der Waals surface area (Å²) in [7, 11) is 3.04. The standard InChI is InChI=1S/C20H24N4O5/c1-13(25)21-10-11-22-19(26)14-4-6-15(7-5-14)23-20(27)24-17-9-8-16(28-2)12-18(17)29-3/h4-9,12H,10-11H2,1-3H3,(H,21,25)(H,22,26)(H2,23,24,27). The SMILES string of the molecule is COc1ccc(NC(=O)Nc2ccc(C(=O)NCCNC(C)=O)cc2)c(OC)c1. The van der Waals surface area contributed by atoms with Gasteiger partial charge in [0.1, 0.15) is 11.5 Å². The molecule has 0 bridgehead atoms. The number of benzene rings is 2. The van der Waals surface area contributed by atoms with Crippen molar-refractivity contribution in [3.05, 3.63) is 48.0 Å². The van der Waals surface area contributed by atoms with Crippen molar-refractivity contribution in [1.82, 2.24) is 10.6 Å². The van der Waals surface area contributed by atoms with Crippen LogP contribution in [0.15, 0.2) is 42.5 Å². The van der Waals surface area contributed by atoms with Crippen LogP contribution in [0.2, 0.25) is 0 Å². The molecule has 0 heterocycles. The number of nitrogens with one attached hydrogen (secondary N) is 4. The number of carbonyl (C=O) groups is 3. The van der Waals surface area contributed by atoms with Crippen molar-refractivity contribution in [3.8, 4) is 11.5 Å². The molecule has 9 heteroatoms. The van der Waals surface area contributed by atoms with Gasteiger partial charge in [-0.25, -0.2) is 4.79 Å². The van der Waals surface area contributed by atoms with Crippen LogP contribution in [-0.2, 0) is 4.79 Å². The number of methoxy groups -OCH3 is 2. The van der Waals surface area contributed by atoms with E-state index in [2.05, 4.69) is 21.3 Å². The van der Waals surface area contributed by atoms with E-state index in [9.17, 15) is 14.4 Å². The molecule has 4 amide bonds. The number of hydrogen-bond donors (Lipinski definition) is 4. The normalized spacial score (nSPS) is 9.90. The van der Waals surface area contributed by atoms with Crippen LogP contribution in [-0.4, -0.2) is 45.2 Å². The molecule has 2 aromatic rings. The molecule has 2 rings (SSSR count). The predicted molar refractivity (Wildman–Crippen MR) is 110 cm³/mol. The van der Waals surface area contributed by atoms with Gasteiger partial charge in [-0.3, -0.25) is 9.59 Å². The molecule has 0 radical (unpaired) electrons. The summed E-state index contributed by atoms with van der Waals surface area (Å²) in [5.41, 5.74) is 1.45. The van der Waals surface area contributed by atoms with Crippen LogP contribution < -0.4 is 30.7 Å². The first-order valence-corrected chi connectivity index (χ1v) is 8.85. The van der Waals surface area contributed by atoms with Crippen molar-refractivity contribution < 1.29 is 23.9 Å². The summed E-state index contributed by atoms with van der Waals surface area (Å²) < 4.78 is 10.4. The molecule has 0 atom stereocenters. The molecule has 0 fully saturated rings. The van der Waals surface area contributed by atoms with Crippen LogP contribution in [0.5, 0.6) is 11.5 Å². The number of hydrogen-bond acceptors (Lipinski definition) is 5. The second-order valence-electron chi connectivity index (χ2n) is 5.96. The smallest absolute Gasteiger partial charge is 0.323 e. The van der Waals surface area contributed by atoms with E-state index in [0.717, 1.165) is 0 Å². The van der Waals surface area contributed by atoms with E-state index in [1.807, 2.05) is 0 Å². The van der Waals surface area contributed by atoms with Crippen molar-refractivity contribution in [2.45, 2.75) is 6.92 Å². The highest BCUT2D eigenvalue weighted by Crippen LogP contribution is 2.29. The highest BCUT2D eigenvalue weighted by Gasteiger charge is 2.10. The van der Waals surface area contributed by atoms with E-state index in [1.54, 1.807) is 49.6 Å². The van der Waals surface area contributed by atoms with E-state index >= 15 is 0 Å². The van der Waals surface area contributed by atoms with E-state index < -0.39 is 6.03 Å². The average Bonchev–Trinajstić information content (AvgIpc) is 2.71. The van der Waals surface area contributed by atoms with Crippen LogP contribution in [0.25, 0.3) is 0 Å². The molecule has 0 spiro atoms. The average molecular weight is 400 g/mol. The number of ether oxygens (including phenoxy) is 2. The van der Waals surface area contributed by atoms with Crippen molar-refractivity contribution in [1.29, 1.82) is 0 Å². The zero-order valence-corrected chi connectivity index (χ0v) is 16.5. The Kier molecular flexibility index (Phi) is 7.84. The molecule has 0 aliphatic heterocycles. The van der Waals surface area contributed by atoms with Gasteiger partial charge in [0.2, 0.25) is 5.91 Å². The lowest BCUT2D eigenvalue weighted by Gasteiger charge is -2.12. The Hall–Kier alpha value is -3.75. The molecular formula is C20H24N4O5. The van der Waals surface area contributed by atoms with Crippen molar-refractivity contribution in [2.75, 3.05) is 37.9 Å². The number of amides is 4. The minimum absolute atomic E-state index is 0.153. The van der Waals surface area contributed by atoms with E-state index in [0.29, 0.717) is 41.5 Å². The molecule has 0 aliphatic carbocycles. The highest BCUT2D eigenvalue weighted by molar-refractivity contribution is 6.01. The van der Waals surface area contributed by atoms with Gasteiger partial charge in [0.05, 0.1) is 19.9 Å². The molecule has 9 nitrogen and oxygen atoms in total. The third-order valence-corrected chi connectivity index (χ3v) is 3.85. The predicted octanol–water partition coefficient (Wildman–Crippen LogP) is 2.21. The van der Waals surface area contributed by atoms with Crippen molar-refractivity contribution in [3.63, 3.8) is 0 Å². The zero-order valence-electron chi connectivity index (χ0n) is 16.5. The van der Waals surface area contributed by atoms with Crippen LogP contribution in [0.3, 0.4) is 0 Å². The molecular weight excluding hydrogens is 376 g/mol. The summed E-state index contributed by atoms with van der Waals surface area (Å²) in [4.78, 5) is 35.1.